The van der Waals surface area contributed by atoms with Crippen LogP contribution in [0.3, 0.4) is 0 Å². The number of nitrogens with zero attached hydrogens (tertiary/aromatic N) is 2. The lowest BCUT2D eigenvalue weighted by atomic mass is 9.78. The highest BCUT2D eigenvalue weighted by Gasteiger charge is 2.67. The summed E-state index contributed by atoms with van der Waals surface area (Å²) >= 11 is 0. The van der Waals surface area contributed by atoms with Crippen LogP contribution in [0.4, 0.5) is 0 Å². The fourth-order valence-electron chi connectivity index (χ4n) is 9.28. The van der Waals surface area contributed by atoms with Crippen LogP contribution in [0.15, 0.2) is 4.99 Å². The third-order valence-electron chi connectivity index (χ3n) is 12.8. The predicted molar refractivity (Wildman–Crippen MR) is 191 cm³/mol. The number of aliphatic imine (C=N–C) groups is 1. The number of aliphatic hydroxyl groups is 3. The number of aliphatic hydroxyl groups excluding tert-OH is 2. The molecule has 0 saturated carbocycles. The summed E-state index contributed by atoms with van der Waals surface area (Å²) < 4.78 is 51.3. The molecular weight excluding hydrogens is 676 g/mol. The summed E-state index contributed by atoms with van der Waals surface area (Å²) in [6, 6.07) is -1.01. The molecule has 1 spiro atoms. The van der Waals surface area contributed by atoms with Gasteiger partial charge in [0.15, 0.2) is 18.5 Å². The zero-order chi connectivity index (χ0) is 38.7. The van der Waals surface area contributed by atoms with Crippen molar-refractivity contribution in [1.29, 1.82) is 0 Å². The number of likely N-dealkylation sites (N-methyl/N-ethyl adjacent to an activating group) is 1. The molecule has 0 aromatic heterocycles. The largest absolute Gasteiger partial charge is 0.472 e. The molecule has 52 heavy (non-hydrogen) atoms. The van der Waals surface area contributed by atoms with Crippen LogP contribution in [0, 0.1) is 17.8 Å². The smallest absolute Gasteiger partial charge is 0.311 e. The summed E-state index contributed by atoms with van der Waals surface area (Å²) in [5, 5.41) is 34.7. The Morgan fingerprint density at radius 1 is 1.00 bits per heavy atom. The number of ether oxygens (including phenoxy) is 8. The number of rotatable bonds is 7. The topological polar surface area (TPSA) is 170 Å². The Morgan fingerprint density at radius 2 is 1.65 bits per heavy atom. The number of methoxy groups -OCH3 is 1. The van der Waals surface area contributed by atoms with Gasteiger partial charge in [0.05, 0.1) is 36.9 Å². The van der Waals surface area contributed by atoms with E-state index in [1.165, 1.54) is 6.92 Å². The summed E-state index contributed by atoms with van der Waals surface area (Å²) in [5.41, 5.74) is -4.20. The number of cyclic esters (lactones) is 1. The first kappa shape index (κ1) is 41.7. The summed E-state index contributed by atoms with van der Waals surface area (Å²) in [6.07, 6.45) is -5.84. The molecule has 300 valence electrons. The van der Waals surface area contributed by atoms with Crippen LogP contribution in [0.2, 0.25) is 0 Å². The second-order valence-electron chi connectivity index (χ2n) is 17.1. The molecule has 5 rings (SSSR count). The summed E-state index contributed by atoms with van der Waals surface area (Å²) in [5.74, 6) is -1.89. The maximum absolute atomic E-state index is 14.2. The van der Waals surface area contributed by atoms with E-state index in [-0.39, 0.29) is 30.6 Å². The van der Waals surface area contributed by atoms with Gasteiger partial charge in [-0.1, -0.05) is 20.8 Å². The third kappa shape index (κ3) is 7.55. The molecule has 5 aliphatic rings. The number of fused-ring (bicyclic) bond motifs is 2. The van der Waals surface area contributed by atoms with E-state index in [0.29, 0.717) is 31.8 Å². The van der Waals surface area contributed by atoms with E-state index in [2.05, 4.69) is 0 Å². The SMILES string of the molecule is CC[C@H]1OC(=O)[C@H](C)[C@@H](O[C@H]2C[C@@](C)(OC)[C@]3(CO3)[C@H](C)O2)[C@H](C)C(O[C@@H]2O[C@H](C)C[C@H](N(C)C)[C@H]2O)[C@@]2(C)C[C@@H](C)C(=N[C@H](C)[C@@H](O)[C@]1(C)O)O2. The third-order valence-corrected chi connectivity index (χ3v) is 12.8. The van der Waals surface area contributed by atoms with Crippen molar-refractivity contribution in [3.8, 4) is 0 Å². The van der Waals surface area contributed by atoms with Crippen LogP contribution in [0.5, 0.6) is 0 Å². The van der Waals surface area contributed by atoms with Gasteiger partial charge in [0.1, 0.15) is 46.8 Å². The van der Waals surface area contributed by atoms with Gasteiger partial charge in [-0.05, 0) is 75.4 Å². The van der Waals surface area contributed by atoms with Crippen molar-refractivity contribution < 1.29 is 58.0 Å². The number of hydrogen-bond donors (Lipinski definition) is 3. The first-order valence-electron chi connectivity index (χ1n) is 19.2. The number of epoxide rings is 1. The van der Waals surface area contributed by atoms with Crippen molar-refractivity contribution in [2.75, 3.05) is 27.8 Å². The van der Waals surface area contributed by atoms with Gasteiger partial charge in [-0.3, -0.25) is 4.79 Å². The zero-order valence-corrected chi connectivity index (χ0v) is 33.5. The molecule has 0 aromatic carbocycles. The molecule has 2 bridgehead atoms. The maximum Gasteiger partial charge on any atom is 0.311 e. The first-order chi connectivity index (χ1) is 24.1. The minimum Gasteiger partial charge on any atom is -0.472 e. The van der Waals surface area contributed by atoms with Gasteiger partial charge in [-0.15, -0.1) is 0 Å². The molecule has 0 aliphatic carbocycles. The van der Waals surface area contributed by atoms with Gasteiger partial charge >= 0.3 is 5.97 Å². The molecule has 0 aromatic rings. The molecule has 5 aliphatic heterocycles. The quantitative estimate of drug-likeness (QED) is 0.257. The van der Waals surface area contributed by atoms with Crippen LogP contribution in [0.1, 0.15) is 94.9 Å². The average molecular weight is 743 g/mol. The molecule has 1 unspecified atom stereocenters. The summed E-state index contributed by atoms with van der Waals surface area (Å²) in [6.45, 7) is 18.9. The van der Waals surface area contributed by atoms with Crippen molar-refractivity contribution in [2.24, 2.45) is 22.7 Å². The highest BCUT2D eigenvalue weighted by Crippen LogP contribution is 2.51. The van der Waals surface area contributed by atoms with Gasteiger partial charge in [0.25, 0.3) is 0 Å². The van der Waals surface area contributed by atoms with E-state index in [1.54, 1.807) is 27.9 Å². The van der Waals surface area contributed by atoms with Crippen molar-refractivity contribution in [3.05, 3.63) is 0 Å². The number of hydrogen-bond acceptors (Lipinski definition) is 14. The average Bonchev–Trinajstić information content (AvgIpc) is 3.84. The number of esters is 1. The maximum atomic E-state index is 14.2. The predicted octanol–water partition coefficient (Wildman–Crippen LogP) is 2.81. The Morgan fingerprint density at radius 3 is 2.23 bits per heavy atom. The Kier molecular flexibility index (Phi) is 12.2. The zero-order valence-electron chi connectivity index (χ0n) is 33.5. The Balaban J connectivity index is 1.60. The van der Waals surface area contributed by atoms with Crippen molar-refractivity contribution in [3.63, 3.8) is 0 Å². The molecular formula is C38H66N2O12. The van der Waals surface area contributed by atoms with Gasteiger partial charge in [-0.2, -0.15) is 0 Å². The molecule has 14 nitrogen and oxygen atoms in total. The Bertz CT molecular complexity index is 1290. The van der Waals surface area contributed by atoms with Crippen LogP contribution in [0.25, 0.3) is 0 Å². The summed E-state index contributed by atoms with van der Waals surface area (Å²) in [7, 11) is 5.49. The second kappa shape index (κ2) is 15.2. The standard InChI is InChI=1S/C38H66N2O12/c1-14-26-37(10,44)30(42)23(6)39-32-19(2)16-35(8,52-32)31(51-34-28(41)25(40(11)12)15-20(3)47-34)21(4)29(22(5)33(43)49-26)50-27-17-36(9,45-13)38(18-46-38)24(7)48-27/h19-31,34,41-42,44H,14-18H2,1-13H3/t19-,20-,21+,22-,23-,24+,25+,26-,27+,28-,29+,30-,31?,34+,35-,36-,37-,38+/m1/s1. The van der Waals surface area contributed by atoms with E-state index < -0.39 is 89.4 Å². The van der Waals surface area contributed by atoms with E-state index in [4.69, 9.17) is 42.9 Å². The molecule has 18 atom stereocenters. The van der Waals surface area contributed by atoms with E-state index in [9.17, 15) is 20.1 Å². The van der Waals surface area contributed by atoms with Crippen LogP contribution >= 0.6 is 0 Å². The van der Waals surface area contributed by atoms with Crippen molar-refractivity contribution in [1.82, 2.24) is 4.90 Å². The minimum atomic E-state index is -1.83. The summed E-state index contributed by atoms with van der Waals surface area (Å²) in [4.78, 5) is 21.0. The van der Waals surface area contributed by atoms with Gasteiger partial charge in [0, 0.05) is 37.8 Å². The number of carbonyl (C=O) groups excluding carboxylic acids is 1. The number of carbonyl (C=O) groups is 1. The van der Waals surface area contributed by atoms with Gasteiger partial charge < -0.3 is 58.1 Å². The van der Waals surface area contributed by atoms with E-state index in [1.807, 2.05) is 60.5 Å². The molecule has 14 heteroatoms. The van der Waals surface area contributed by atoms with Crippen molar-refractivity contribution in [2.45, 2.75) is 185 Å². The van der Waals surface area contributed by atoms with Crippen molar-refractivity contribution >= 4 is 11.9 Å². The second-order valence-corrected chi connectivity index (χ2v) is 17.1. The molecule has 0 radical (unpaired) electrons. The van der Waals surface area contributed by atoms with Crippen LogP contribution in [-0.4, -0.2) is 150 Å². The van der Waals surface area contributed by atoms with Crippen LogP contribution in [-0.2, 0) is 42.7 Å². The van der Waals surface area contributed by atoms with Crippen LogP contribution < -0.4 is 0 Å². The van der Waals surface area contributed by atoms with Gasteiger partial charge in [-0.25, -0.2) is 4.99 Å². The first-order valence-corrected chi connectivity index (χ1v) is 19.2. The molecule has 3 N–H and O–H groups in total. The monoisotopic (exact) mass is 742 g/mol. The minimum absolute atomic E-state index is 0.185. The lowest BCUT2D eigenvalue weighted by Crippen LogP contribution is -2.61. The van der Waals surface area contributed by atoms with Gasteiger partial charge in [0.2, 0.25) is 0 Å². The van der Waals surface area contributed by atoms with E-state index >= 15 is 0 Å². The Hall–Kier alpha value is -1.46. The fourth-order valence-corrected chi connectivity index (χ4v) is 9.28. The highest BCUT2D eigenvalue weighted by atomic mass is 16.7. The lowest BCUT2D eigenvalue weighted by molar-refractivity contribution is -0.312. The fraction of sp³-hybridized carbons (Fsp3) is 0.947. The molecule has 5 heterocycles. The molecule has 4 saturated heterocycles. The van der Waals surface area contributed by atoms with E-state index in [0.717, 1.165) is 0 Å². The Labute approximate surface area is 309 Å². The molecule has 4 fully saturated rings. The lowest BCUT2D eigenvalue weighted by Gasteiger charge is -2.49. The highest BCUT2D eigenvalue weighted by molar-refractivity contribution is 5.81. The normalized spacial score (nSPS) is 51.8. The molecule has 0 amide bonds.